The van der Waals surface area contributed by atoms with Crippen LogP contribution in [0, 0.1) is 6.92 Å². The van der Waals surface area contributed by atoms with Crippen molar-refractivity contribution in [1.82, 2.24) is 4.90 Å². The van der Waals surface area contributed by atoms with Gasteiger partial charge in [-0.15, -0.1) is 0 Å². The lowest BCUT2D eigenvalue weighted by Gasteiger charge is -2.22. The summed E-state index contributed by atoms with van der Waals surface area (Å²) in [6, 6.07) is 9.39. The molecule has 0 aliphatic carbocycles. The van der Waals surface area contributed by atoms with E-state index in [9.17, 15) is 14.7 Å². The lowest BCUT2D eigenvalue weighted by Crippen LogP contribution is -2.32. The van der Waals surface area contributed by atoms with Crippen LogP contribution >= 0.6 is 0 Å². The van der Waals surface area contributed by atoms with Gasteiger partial charge in [0.2, 0.25) is 0 Å². The molecule has 0 radical (unpaired) electrons. The lowest BCUT2D eigenvalue weighted by molar-refractivity contribution is -0.140. The summed E-state index contributed by atoms with van der Waals surface area (Å²) in [5, 5.41) is 10.9. The molecule has 1 atom stereocenters. The fourth-order valence-electron chi connectivity index (χ4n) is 3.25. The highest BCUT2D eigenvalue weighted by Gasteiger charge is 2.47. The van der Waals surface area contributed by atoms with Crippen LogP contribution in [-0.2, 0) is 14.3 Å². The maximum atomic E-state index is 12.8. The number of aliphatic hydroxyl groups excluding tert-OH is 1. The lowest BCUT2D eigenvalue weighted by atomic mass is 9.99. The Balaban J connectivity index is 2.12. The molecule has 1 aliphatic rings. The SMILES string of the molecule is CCOc1cccc(/C(O)=C2\C(=O)C(=O)N(CCOC)[C@H]2c2ccc(C)o2)c1. The van der Waals surface area contributed by atoms with Crippen LogP contribution in [0.25, 0.3) is 5.76 Å². The molecule has 1 aromatic carbocycles. The second-order valence-corrected chi connectivity index (χ2v) is 6.39. The Kier molecular flexibility index (Phi) is 5.84. The average Bonchev–Trinajstić information content (AvgIpc) is 3.22. The minimum atomic E-state index is -0.820. The van der Waals surface area contributed by atoms with Gasteiger partial charge >= 0.3 is 0 Å². The van der Waals surface area contributed by atoms with Crippen molar-refractivity contribution in [3.8, 4) is 5.75 Å². The van der Waals surface area contributed by atoms with Crippen molar-refractivity contribution in [2.24, 2.45) is 0 Å². The topological polar surface area (TPSA) is 89.2 Å². The first-order valence-electron chi connectivity index (χ1n) is 9.04. The molecule has 7 nitrogen and oxygen atoms in total. The van der Waals surface area contributed by atoms with E-state index in [1.165, 1.54) is 12.0 Å². The number of hydrogen-bond donors (Lipinski definition) is 1. The van der Waals surface area contributed by atoms with Crippen molar-refractivity contribution in [2.45, 2.75) is 19.9 Å². The number of aryl methyl sites for hydroxylation is 1. The van der Waals surface area contributed by atoms with Crippen molar-refractivity contribution < 1.29 is 28.6 Å². The first-order chi connectivity index (χ1) is 13.5. The first-order valence-corrected chi connectivity index (χ1v) is 9.04. The Bertz CT molecular complexity index is 913. The number of hydrogen-bond acceptors (Lipinski definition) is 6. The zero-order valence-corrected chi connectivity index (χ0v) is 16.1. The molecular weight excluding hydrogens is 362 g/mol. The molecule has 1 amide bonds. The quantitative estimate of drug-likeness (QED) is 0.448. The van der Waals surface area contributed by atoms with Crippen molar-refractivity contribution in [3.63, 3.8) is 0 Å². The monoisotopic (exact) mass is 385 g/mol. The van der Waals surface area contributed by atoms with Gasteiger partial charge in [0, 0.05) is 19.2 Å². The number of rotatable bonds is 7. The Morgan fingerprint density at radius 2 is 2.04 bits per heavy atom. The zero-order chi connectivity index (χ0) is 20.3. The summed E-state index contributed by atoms with van der Waals surface area (Å²) in [6.45, 7) is 4.55. The van der Waals surface area contributed by atoms with E-state index in [1.54, 1.807) is 43.3 Å². The maximum absolute atomic E-state index is 12.8. The molecule has 1 aromatic heterocycles. The fraction of sp³-hybridized carbons (Fsp3) is 0.333. The number of benzene rings is 1. The van der Waals surface area contributed by atoms with Crippen LogP contribution in [0.2, 0.25) is 0 Å². The van der Waals surface area contributed by atoms with Crippen LogP contribution in [-0.4, -0.2) is 48.6 Å². The van der Waals surface area contributed by atoms with E-state index in [0.717, 1.165) is 0 Å². The predicted octanol–water partition coefficient (Wildman–Crippen LogP) is 3.05. The third kappa shape index (κ3) is 3.66. The first kappa shape index (κ1) is 19.7. The number of furan rings is 1. The normalized spacial score (nSPS) is 18.7. The zero-order valence-electron chi connectivity index (χ0n) is 16.1. The third-order valence-corrected chi connectivity index (χ3v) is 4.53. The van der Waals surface area contributed by atoms with Gasteiger partial charge < -0.3 is 23.9 Å². The molecule has 1 fully saturated rings. The molecule has 3 rings (SSSR count). The number of nitrogens with zero attached hydrogens (tertiary/aromatic N) is 1. The average molecular weight is 385 g/mol. The van der Waals surface area contributed by atoms with Gasteiger partial charge in [0.25, 0.3) is 11.7 Å². The highest BCUT2D eigenvalue weighted by Crippen LogP contribution is 2.40. The summed E-state index contributed by atoms with van der Waals surface area (Å²) in [5.41, 5.74) is 0.382. The number of ketones is 1. The highest BCUT2D eigenvalue weighted by molar-refractivity contribution is 6.46. The van der Waals surface area contributed by atoms with Crippen LogP contribution < -0.4 is 4.74 Å². The molecule has 28 heavy (non-hydrogen) atoms. The Labute approximate surface area is 163 Å². The summed E-state index contributed by atoms with van der Waals surface area (Å²) in [5.74, 6) is -0.0986. The second kappa shape index (κ2) is 8.31. The highest BCUT2D eigenvalue weighted by atomic mass is 16.5. The van der Waals surface area contributed by atoms with Gasteiger partial charge in [-0.25, -0.2) is 0 Å². The molecule has 1 aliphatic heterocycles. The molecule has 0 bridgehead atoms. The molecule has 2 aromatic rings. The van der Waals surface area contributed by atoms with Crippen LogP contribution in [0.5, 0.6) is 5.75 Å². The molecular formula is C21H23NO6. The van der Waals surface area contributed by atoms with Crippen molar-refractivity contribution in [2.75, 3.05) is 26.9 Å². The van der Waals surface area contributed by atoms with Gasteiger partial charge in [0.1, 0.15) is 29.1 Å². The summed E-state index contributed by atoms with van der Waals surface area (Å²) in [6.07, 6.45) is 0. The number of amides is 1. The summed E-state index contributed by atoms with van der Waals surface area (Å²) >= 11 is 0. The summed E-state index contributed by atoms with van der Waals surface area (Å²) < 4.78 is 16.2. The number of ether oxygens (including phenoxy) is 2. The van der Waals surface area contributed by atoms with Crippen LogP contribution in [0.4, 0.5) is 0 Å². The number of Topliss-reactive ketones (excluding diaryl/α,β-unsaturated/α-hetero) is 1. The van der Waals surface area contributed by atoms with E-state index in [1.807, 2.05) is 6.92 Å². The van der Waals surface area contributed by atoms with Gasteiger partial charge in [0.15, 0.2) is 0 Å². The smallest absolute Gasteiger partial charge is 0.295 e. The minimum Gasteiger partial charge on any atom is -0.507 e. The Hall–Kier alpha value is -3.06. The Morgan fingerprint density at radius 3 is 2.68 bits per heavy atom. The van der Waals surface area contributed by atoms with Crippen LogP contribution in [0.1, 0.15) is 30.0 Å². The van der Waals surface area contributed by atoms with E-state index < -0.39 is 17.7 Å². The van der Waals surface area contributed by atoms with Crippen molar-refractivity contribution in [3.05, 3.63) is 59.1 Å². The van der Waals surface area contributed by atoms with Crippen LogP contribution in [0.15, 0.2) is 46.4 Å². The van der Waals surface area contributed by atoms with Gasteiger partial charge in [-0.3, -0.25) is 9.59 Å². The number of carbonyl (C=O) groups excluding carboxylic acids is 2. The molecule has 1 saturated heterocycles. The molecule has 1 N–H and O–H groups in total. The number of likely N-dealkylation sites (tertiary alicyclic amines) is 1. The van der Waals surface area contributed by atoms with E-state index >= 15 is 0 Å². The minimum absolute atomic E-state index is 0.0101. The van der Waals surface area contributed by atoms with E-state index in [4.69, 9.17) is 13.9 Å². The van der Waals surface area contributed by atoms with E-state index in [0.29, 0.717) is 29.4 Å². The standard InChI is InChI=1S/C21H23NO6/c1-4-27-15-7-5-6-14(12-15)19(23)17-18(16-9-8-13(2)28-16)22(10-11-26-3)21(25)20(17)24/h5-9,12,18,23H,4,10-11H2,1-3H3/b19-17+/t18-/m0/s1. The van der Waals surface area contributed by atoms with Crippen molar-refractivity contribution >= 4 is 17.4 Å². The molecule has 7 heteroatoms. The van der Waals surface area contributed by atoms with Gasteiger partial charge in [-0.1, -0.05) is 12.1 Å². The maximum Gasteiger partial charge on any atom is 0.295 e. The molecule has 148 valence electrons. The van der Waals surface area contributed by atoms with Gasteiger partial charge in [0.05, 0.1) is 18.8 Å². The third-order valence-electron chi connectivity index (χ3n) is 4.53. The Morgan fingerprint density at radius 1 is 1.25 bits per heavy atom. The van der Waals surface area contributed by atoms with Gasteiger partial charge in [-0.2, -0.15) is 0 Å². The fourth-order valence-corrected chi connectivity index (χ4v) is 3.25. The largest absolute Gasteiger partial charge is 0.507 e. The summed E-state index contributed by atoms with van der Waals surface area (Å²) in [7, 11) is 1.52. The van der Waals surface area contributed by atoms with Crippen LogP contribution in [0.3, 0.4) is 0 Å². The van der Waals surface area contributed by atoms with E-state index in [-0.39, 0.29) is 24.5 Å². The molecule has 0 unspecified atom stereocenters. The van der Waals surface area contributed by atoms with Crippen molar-refractivity contribution in [1.29, 1.82) is 0 Å². The predicted molar refractivity (Wildman–Crippen MR) is 102 cm³/mol. The second-order valence-electron chi connectivity index (χ2n) is 6.39. The number of aliphatic hydroxyl groups is 1. The summed E-state index contributed by atoms with van der Waals surface area (Å²) in [4.78, 5) is 26.8. The molecule has 2 heterocycles. The number of methoxy groups -OCH3 is 1. The van der Waals surface area contributed by atoms with E-state index in [2.05, 4.69) is 0 Å². The molecule has 0 spiro atoms. The number of carbonyl (C=O) groups is 2. The molecule has 0 saturated carbocycles. The van der Waals surface area contributed by atoms with Gasteiger partial charge in [-0.05, 0) is 38.1 Å².